The molecule has 1 rings (SSSR count). The lowest BCUT2D eigenvalue weighted by atomic mass is 10.2. The van der Waals surface area contributed by atoms with Gasteiger partial charge in [0.1, 0.15) is 5.56 Å². The van der Waals surface area contributed by atoms with Gasteiger partial charge in [-0.1, -0.05) is 0 Å². The molecule has 0 aliphatic rings. The third-order valence-corrected chi connectivity index (χ3v) is 2.43. The first-order valence-electron chi connectivity index (χ1n) is 5.95. The Balaban J connectivity index is 2.53. The van der Waals surface area contributed by atoms with Crippen molar-refractivity contribution >= 4 is 5.97 Å². The Morgan fingerprint density at radius 3 is 2.89 bits per heavy atom. The molecule has 1 aromatic rings. The predicted molar refractivity (Wildman–Crippen MR) is 65.3 cm³/mol. The van der Waals surface area contributed by atoms with Crippen LogP contribution < -0.4 is 0 Å². The number of methoxy groups -OCH3 is 1. The lowest BCUT2D eigenvalue weighted by Crippen LogP contribution is -2.10. The molecule has 0 saturated heterocycles. The van der Waals surface area contributed by atoms with E-state index in [4.69, 9.17) is 14.2 Å². The van der Waals surface area contributed by atoms with Crippen LogP contribution in [0.15, 0.2) is 6.20 Å². The summed E-state index contributed by atoms with van der Waals surface area (Å²) in [6.45, 7) is 3.71. The van der Waals surface area contributed by atoms with Crippen molar-refractivity contribution < 1.29 is 19.0 Å². The third-order valence-electron chi connectivity index (χ3n) is 2.43. The summed E-state index contributed by atoms with van der Waals surface area (Å²) in [6.07, 6.45) is 2.33. The highest BCUT2D eigenvalue weighted by Gasteiger charge is 2.16. The van der Waals surface area contributed by atoms with E-state index in [1.807, 2.05) is 0 Å². The molecule has 0 aliphatic carbocycles. The van der Waals surface area contributed by atoms with Crippen molar-refractivity contribution in [2.24, 2.45) is 7.05 Å². The average molecular weight is 256 g/mol. The van der Waals surface area contributed by atoms with Gasteiger partial charge >= 0.3 is 5.97 Å². The van der Waals surface area contributed by atoms with Crippen molar-refractivity contribution in [2.75, 3.05) is 26.9 Å². The second kappa shape index (κ2) is 7.84. The van der Waals surface area contributed by atoms with Gasteiger partial charge in [0.15, 0.2) is 0 Å². The third kappa shape index (κ3) is 4.12. The van der Waals surface area contributed by atoms with E-state index in [0.29, 0.717) is 32.0 Å². The Morgan fingerprint density at radius 1 is 1.44 bits per heavy atom. The van der Waals surface area contributed by atoms with Gasteiger partial charge < -0.3 is 14.2 Å². The maximum absolute atomic E-state index is 11.7. The van der Waals surface area contributed by atoms with Gasteiger partial charge in [0.05, 0.1) is 25.1 Å². The number of nitrogens with zero attached hydrogens (tertiary/aromatic N) is 2. The molecule has 0 fully saturated rings. The molecule has 0 spiro atoms. The second-order valence-corrected chi connectivity index (χ2v) is 3.75. The maximum Gasteiger partial charge on any atom is 0.341 e. The average Bonchev–Trinajstić information content (AvgIpc) is 2.71. The molecule has 1 aromatic heterocycles. The SMILES string of the molecule is CCOC(=O)c1cnn(C)c1COCCCOC. The van der Waals surface area contributed by atoms with Crippen LogP contribution in [0.2, 0.25) is 0 Å². The van der Waals surface area contributed by atoms with Crippen LogP contribution >= 0.6 is 0 Å². The summed E-state index contributed by atoms with van der Waals surface area (Å²) in [5, 5.41) is 4.05. The van der Waals surface area contributed by atoms with Crippen molar-refractivity contribution in [3.63, 3.8) is 0 Å². The lowest BCUT2D eigenvalue weighted by Gasteiger charge is -2.07. The molecule has 0 unspecified atom stereocenters. The first kappa shape index (κ1) is 14.7. The van der Waals surface area contributed by atoms with Crippen LogP contribution in [0.5, 0.6) is 0 Å². The van der Waals surface area contributed by atoms with Gasteiger partial charge in [0.2, 0.25) is 0 Å². The van der Waals surface area contributed by atoms with Crippen molar-refractivity contribution in [1.82, 2.24) is 9.78 Å². The molecule has 1 heterocycles. The molecule has 0 saturated carbocycles. The number of carbonyl (C=O) groups excluding carboxylic acids is 1. The van der Waals surface area contributed by atoms with Crippen LogP contribution in [-0.2, 0) is 27.9 Å². The fourth-order valence-corrected chi connectivity index (χ4v) is 1.49. The first-order chi connectivity index (χ1) is 8.70. The zero-order chi connectivity index (χ0) is 13.4. The molecule has 102 valence electrons. The largest absolute Gasteiger partial charge is 0.462 e. The molecular weight excluding hydrogens is 236 g/mol. The van der Waals surface area contributed by atoms with E-state index in [1.54, 1.807) is 25.8 Å². The van der Waals surface area contributed by atoms with Crippen LogP contribution in [0, 0.1) is 0 Å². The normalized spacial score (nSPS) is 10.6. The lowest BCUT2D eigenvalue weighted by molar-refractivity contribution is 0.0514. The number of ether oxygens (including phenoxy) is 3. The monoisotopic (exact) mass is 256 g/mol. The first-order valence-corrected chi connectivity index (χ1v) is 5.95. The number of hydrogen-bond acceptors (Lipinski definition) is 5. The number of carbonyl (C=O) groups is 1. The van der Waals surface area contributed by atoms with E-state index in [2.05, 4.69) is 5.10 Å². The molecule has 0 atom stereocenters. The number of hydrogen-bond donors (Lipinski definition) is 0. The zero-order valence-corrected chi connectivity index (χ0v) is 11.1. The van der Waals surface area contributed by atoms with Crippen LogP contribution in [0.3, 0.4) is 0 Å². The van der Waals surface area contributed by atoms with Gasteiger partial charge in [-0.2, -0.15) is 5.10 Å². The molecular formula is C12H20N2O4. The summed E-state index contributed by atoms with van der Waals surface area (Å²) >= 11 is 0. The summed E-state index contributed by atoms with van der Waals surface area (Å²) in [4.78, 5) is 11.7. The number of esters is 1. The Morgan fingerprint density at radius 2 is 2.22 bits per heavy atom. The van der Waals surface area contributed by atoms with Crippen molar-refractivity contribution in [1.29, 1.82) is 0 Å². The fourth-order valence-electron chi connectivity index (χ4n) is 1.49. The molecule has 0 N–H and O–H groups in total. The summed E-state index contributed by atoms with van der Waals surface area (Å²) in [6, 6.07) is 0. The molecule has 0 amide bonds. The van der Waals surface area contributed by atoms with Gasteiger partial charge in [-0.3, -0.25) is 4.68 Å². The van der Waals surface area contributed by atoms with E-state index < -0.39 is 0 Å². The Kier molecular flexibility index (Phi) is 6.38. The highest BCUT2D eigenvalue weighted by Crippen LogP contribution is 2.10. The van der Waals surface area contributed by atoms with E-state index in [1.165, 1.54) is 6.20 Å². The summed E-state index contributed by atoms with van der Waals surface area (Å²) in [7, 11) is 3.43. The minimum Gasteiger partial charge on any atom is -0.462 e. The molecule has 0 aliphatic heterocycles. The summed E-state index contributed by atoms with van der Waals surface area (Å²) in [5.74, 6) is -0.360. The van der Waals surface area contributed by atoms with Crippen molar-refractivity contribution in [2.45, 2.75) is 20.0 Å². The Labute approximate surface area is 107 Å². The van der Waals surface area contributed by atoms with Gasteiger partial charge in [0, 0.05) is 27.4 Å². The number of aryl methyl sites for hydroxylation is 1. The van der Waals surface area contributed by atoms with Crippen molar-refractivity contribution in [3.8, 4) is 0 Å². The summed E-state index contributed by atoms with van der Waals surface area (Å²) < 4.78 is 17.0. The van der Waals surface area contributed by atoms with Crippen LogP contribution in [-0.4, -0.2) is 42.7 Å². The van der Waals surface area contributed by atoms with E-state index in [0.717, 1.165) is 12.1 Å². The molecule has 6 heteroatoms. The van der Waals surface area contributed by atoms with E-state index in [9.17, 15) is 4.79 Å². The Hall–Kier alpha value is -1.40. The van der Waals surface area contributed by atoms with Gasteiger partial charge in [0.25, 0.3) is 0 Å². The molecule has 18 heavy (non-hydrogen) atoms. The highest BCUT2D eigenvalue weighted by atomic mass is 16.5. The van der Waals surface area contributed by atoms with E-state index in [-0.39, 0.29) is 5.97 Å². The van der Waals surface area contributed by atoms with Crippen LogP contribution in [0.1, 0.15) is 29.4 Å². The standard InChI is InChI=1S/C12H20N2O4/c1-4-18-12(15)10-8-13-14(2)11(10)9-17-7-5-6-16-3/h8H,4-7,9H2,1-3H3. The number of rotatable bonds is 8. The smallest absolute Gasteiger partial charge is 0.341 e. The fraction of sp³-hybridized carbons (Fsp3) is 0.667. The Bertz CT molecular complexity index is 376. The minimum absolute atomic E-state index is 0.342. The minimum atomic E-state index is -0.360. The van der Waals surface area contributed by atoms with Gasteiger partial charge in [-0.15, -0.1) is 0 Å². The topological polar surface area (TPSA) is 62.6 Å². The van der Waals surface area contributed by atoms with Crippen LogP contribution in [0.25, 0.3) is 0 Å². The molecule has 0 radical (unpaired) electrons. The van der Waals surface area contributed by atoms with Gasteiger partial charge in [-0.25, -0.2) is 4.79 Å². The molecule has 6 nitrogen and oxygen atoms in total. The zero-order valence-electron chi connectivity index (χ0n) is 11.1. The van der Waals surface area contributed by atoms with Crippen molar-refractivity contribution in [3.05, 3.63) is 17.5 Å². The molecule has 0 aromatic carbocycles. The van der Waals surface area contributed by atoms with E-state index >= 15 is 0 Å². The quantitative estimate of drug-likeness (QED) is 0.515. The predicted octanol–water partition coefficient (Wildman–Crippen LogP) is 1.15. The summed E-state index contributed by atoms with van der Waals surface area (Å²) in [5.41, 5.74) is 1.19. The maximum atomic E-state index is 11.7. The second-order valence-electron chi connectivity index (χ2n) is 3.75. The number of aromatic nitrogens is 2. The molecule has 0 bridgehead atoms. The van der Waals surface area contributed by atoms with Gasteiger partial charge in [-0.05, 0) is 13.3 Å². The van der Waals surface area contributed by atoms with Crippen LogP contribution in [0.4, 0.5) is 0 Å². The highest BCUT2D eigenvalue weighted by molar-refractivity contribution is 5.90.